The molecule has 0 saturated heterocycles. The predicted octanol–water partition coefficient (Wildman–Crippen LogP) is 4.14. The van der Waals surface area contributed by atoms with Crippen molar-refractivity contribution in [2.45, 2.75) is 14.7 Å². The highest BCUT2D eigenvalue weighted by Gasteiger charge is 2.02. The Morgan fingerprint density at radius 1 is 0.938 bits per heavy atom. The molecule has 3 heteroatoms. The van der Waals surface area contributed by atoms with Crippen molar-refractivity contribution < 1.29 is 0 Å². The molecule has 0 spiro atoms. The molecule has 0 amide bonds. The van der Waals surface area contributed by atoms with Gasteiger partial charge in [-0.15, -0.1) is 11.8 Å². The van der Waals surface area contributed by atoms with Crippen molar-refractivity contribution in [2.75, 3.05) is 12.0 Å². The van der Waals surface area contributed by atoms with Crippen molar-refractivity contribution >= 4 is 29.2 Å². The Bertz CT molecular complexity index is 469. The smallest absolute Gasteiger partial charge is 0.0467 e. The minimum Gasteiger partial charge on any atom is -0.398 e. The summed E-state index contributed by atoms with van der Waals surface area (Å²) >= 11 is 3.41. The fourth-order valence-electron chi connectivity index (χ4n) is 1.36. The number of nitrogens with two attached hydrogens (primary N) is 1. The molecule has 0 aliphatic heterocycles. The maximum absolute atomic E-state index is 6.01. The molecule has 2 aromatic rings. The zero-order valence-corrected chi connectivity index (χ0v) is 10.6. The topological polar surface area (TPSA) is 26.0 Å². The lowest BCUT2D eigenvalue weighted by Gasteiger charge is -2.06. The van der Waals surface area contributed by atoms with E-state index in [1.807, 2.05) is 24.3 Å². The van der Waals surface area contributed by atoms with Gasteiger partial charge in [-0.3, -0.25) is 0 Å². The van der Waals surface area contributed by atoms with Gasteiger partial charge in [-0.05, 0) is 36.6 Å². The van der Waals surface area contributed by atoms with Crippen LogP contribution in [0.3, 0.4) is 0 Å². The molecule has 2 aromatic carbocycles. The van der Waals surface area contributed by atoms with Crippen LogP contribution in [0.25, 0.3) is 0 Å². The van der Waals surface area contributed by atoms with Crippen LogP contribution in [-0.2, 0) is 0 Å². The lowest BCUT2D eigenvalue weighted by atomic mass is 10.3. The highest BCUT2D eigenvalue weighted by molar-refractivity contribution is 7.99. The van der Waals surface area contributed by atoms with Crippen LogP contribution in [0, 0.1) is 0 Å². The Kier molecular flexibility index (Phi) is 3.80. The Labute approximate surface area is 104 Å². The highest BCUT2D eigenvalue weighted by Crippen LogP contribution is 2.33. The van der Waals surface area contributed by atoms with Crippen LogP contribution in [0.1, 0.15) is 0 Å². The molecule has 0 bridgehead atoms. The van der Waals surface area contributed by atoms with Gasteiger partial charge in [0.15, 0.2) is 0 Å². The number of hydrogen-bond acceptors (Lipinski definition) is 3. The van der Waals surface area contributed by atoms with E-state index in [1.54, 1.807) is 23.5 Å². The van der Waals surface area contributed by atoms with Crippen LogP contribution in [0.4, 0.5) is 5.69 Å². The molecule has 0 heterocycles. The lowest BCUT2D eigenvalue weighted by molar-refractivity contribution is 1.35. The third-order valence-electron chi connectivity index (χ3n) is 2.19. The molecular formula is C13H13NS2. The lowest BCUT2D eigenvalue weighted by Crippen LogP contribution is -1.88. The number of rotatable bonds is 3. The Hall–Kier alpha value is -1.06. The number of thioether (sulfide) groups is 1. The molecule has 0 aliphatic rings. The average Bonchev–Trinajstić information content (AvgIpc) is 2.33. The average molecular weight is 247 g/mol. The number of hydrogen-bond donors (Lipinski definition) is 1. The monoisotopic (exact) mass is 247 g/mol. The quantitative estimate of drug-likeness (QED) is 0.652. The summed E-state index contributed by atoms with van der Waals surface area (Å²) in [4.78, 5) is 3.53. The van der Waals surface area contributed by atoms with Gasteiger partial charge >= 0.3 is 0 Å². The van der Waals surface area contributed by atoms with Gasteiger partial charge in [0.05, 0.1) is 0 Å². The molecule has 0 unspecified atom stereocenters. The largest absolute Gasteiger partial charge is 0.398 e. The first-order chi connectivity index (χ1) is 7.79. The maximum atomic E-state index is 6.01. The molecule has 0 aromatic heterocycles. The third kappa shape index (κ3) is 2.74. The molecule has 16 heavy (non-hydrogen) atoms. The Morgan fingerprint density at radius 3 is 2.31 bits per heavy atom. The van der Waals surface area contributed by atoms with Crippen molar-refractivity contribution in [2.24, 2.45) is 0 Å². The molecular weight excluding hydrogens is 234 g/mol. The zero-order valence-electron chi connectivity index (χ0n) is 9.01. The Morgan fingerprint density at radius 2 is 1.69 bits per heavy atom. The van der Waals surface area contributed by atoms with Crippen LogP contribution in [-0.4, -0.2) is 6.26 Å². The molecule has 0 fully saturated rings. The van der Waals surface area contributed by atoms with Gasteiger partial charge in [-0.2, -0.15) is 0 Å². The fourth-order valence-corrected chi connectivity index (χ4v) is 2.67. The fraction of sp³-hybridized carbons (Fsp3) is 0.0769. The second kappa shape index (κ2) is 5.32. The van der Waals surface area contributed by atoms with Crippen molar-refractivity contribution in [3.63, 3.8) is 0 Å². The summed E-state index contributed by atoms with van der Waals surface area (Å²) in [6, 6.07) is 16.5. The van der Waals surface area contributed by atoms with E-state index >= 15 is 0 Å². The maximum Gasteiger partial charge on any atom is 0.0467 e. The molecule has 82 valence electrons. The standard InChI is InChI=1S/C13H13NS2/c1-15-11-7-8-13(12(14)9-11)16-10-5-3-2-4-6-10/h2-9H,14H2,1H3. The second-order valence-electron chi connectivity index (χ2n) is 3.32. The van der Waals surface area contributed by atoms with E-state index in [2.05, 4.69) is 30.5 Å². The van der Waals surface area contributed by atoms with E-state index in [0.29, 0.717) is 0 Å². The summed E-state index contributed by atoms with van der Waals surface area (Å²) in [7, 11) is 0. The summed E-state index contributed by atoms with van der Waals surface area (Å²) in [6.45, 7) is 0. The summed E-state index contributed by atoms with van der Waals surface area (Å²) in [5, 5.41) is 0. The second-order valence-corrected chi connectivity index (χ2v) is 5.31. The van der Waals surface area contributed by atoms with Gasteiger partial charge < -0.3 is 5.73 Å². The molecule has 0 aliphatic carbocycles. The SMILES string of the molecule is CSc1ccc(Sc2ccccc2)c(N)c1. The van der Waals surface area contributed by atoms with Crippen molar-refractivity contribution in [1.29, 1.82) is 0 Å². The molecule has 2 N–H and O–H groups in total. The predicted molar refractivity (Wildman–Crippen MR) is 73.2 cm³/mol. The van der Waals surface area contributed by atoms with E-state index in [4.69, 9.17) is 5.73 Å². The van der Waals surface area contributed by atoms with Crippen molar-refractivity contribution in [3.8, 4) is 0 Å². The van der Waals surface area contributed by atoms with Gasteiger partial charge in [0.1, 0.15) is 0 Å². The summed E-state index contributed by atoms with van der Waals surface area (Å²) in [5.41, 5.74) is 6.86. The van der Waals surface area contributed by atoms with Gasteiger partial charge in [0, 0.05) is 20.4 Å². The van der Waals surface area contributed by atoms with E-state index in [-0.39, 0.29) is 0 Å². The number of benzene rings is 2. The Balaban J connectivity index is 2.22. The van der Waals surface area contributed by atoms with Crippen molar-refractivity contribution in [3.05, 3.63) is 48.5 Å². The van der Waals surface area contributed by atoms with Crippen LogP contribution < -0.4 is 5.73 Å². The van der Waals surface area contributed by atoms with Crippen LogP contribution in [0.2, 0.25) is 0 Å². The van der Waals surface area contributed by atoms with E-state index in [1.165, 1.54) is 9.79 Å². The molecule has 2 rings (SSSR count). The molecule has 0 saturated carbocycles. The van der Waals surface area contributed by atoms with Gasteiger partial charge in [0.2, 0.25) is 0 Å². The minimum atomic E-state index is 0.848. The zero-order chi connectivity index (χ0) is 11.4. The third-order valence-corrected chi connectivity index (χ3v) is 4.01. The highest BCUT2D eigenvalue weighted by atomic mass is 32.2. The summed E-state index contributed by atoms with van der Waals surface area (Å²) in [5.74, 6) is 0. The van der Waals surface area contributed by atoms with Gasteiger partial charge in [-0.1, -0.05) is 30.0 Å². The first kappa shape index (κ1) is 11.4. The van der Waals surface area contributed by atoms with E-state index < -0.39 is 0 Å². The van der Waals surface area contributed by atoms with E-state index in [9.17, 15) is 0 Å². The first-order valence-corrected chi connectivity index (χ1v) is 7.00. The molecule has 1 nitrogen and oxygen atoms in total. The molecule has 0 radical (unpaired) electrons. The van der Waals surface area contributed by atoms with E-state index in [0.717, 1.165) is 10.6 Å². The summed E-state index contributed by atoms with van der Waals surface area (Å²) < 4.78 is 0. The van der Waals surface area contributed by atoms with Crippen molar-refractivity contribution in [1.82, 2.24) is 0 Å². The summed E-state index contributed by atoms with van der Waals surface area (Å²) in [6.07, 6.45) is 2.05. The van der Waals surface area contributed by atoms with Gasteiger partial charge in [0.25, 0.3) is 0 Å². The van der Waals surface area contributed by atoms with Crippen LogP contribution in [0.5, 0.6) is 0 Å². The first-order valence-electron chi connectivity index (χ1n) is 4.96. The van der Waals surface area contributed by atoms with Crippen LogP contribution in [0.15, 0.2) is 63.2 Å². The number of nitrogen functional groups attached to an aromatic ring is 1. The number of anilines is 1. The van der Waals surface area contributed by atoms with Gasteiger partial charge in [-0.25, -0.2) is 0 Å². The minimum absolute atomic E-state index is 0.848. The van der Waals surface area contributed by atoms with Crippen LogP contribution >= 0.6 is 23.5 Å². The molecule has 0 atom stereocenters. The normalized spacial score (nSPS) is 10.3.